The number of halogens is 1. The van der Waals surface area contributed by atoms with Gasteiger partial charge in [0.05, 0.1) is 0 Å². The van der Waals surface area contributed by atoms with Crippen LogP contribution in [0.2, 0.25) is 0 Å². The highest BCUT2D eigenvalue weighted by Gasteiger charge is 2.36. The zero-order chi connectivity index (χ0) is 13.2. The third-order valence-corrected chi connectivity index (χ3v) is 5.46. The Bertz CT molecular complexity index is 494. The molecule has 0 unspecified atom stereocenters. The van der Waals surface area contributed by atoms with Gasteiger partial charge in [0, 0.05) is 12.6 Å². The van der Waals surface area contributed by atoms with Gasteiger partial charge in [-0.1, -0.05) is 31.2 Å². The maximum Gasteiger partial charge on any atom is 0.228 e. The van der Waals surface area contributed by atoms with Crippen molar-refractivity contribution in [1.29, 1.82) is 0 Å². The number of alkyl halides is 1. The van der Waals surface area contributed by atoms with Gasteiger partial charge < -0.3 is 0 Å². The molecule has 1 fully saturated rings. The first-order valence-electron chi connectivity index (χ1n) is 6.20. The van der Waals surface area contributed by atoms with Crippen LogP contribution in [0.5, 0.6) is 0 Å². The van der Waals surface area contributed by atoms with E-state index in [4.69, 9.17) is 11.6 Å². The molecule has 100 valence electrons. The zero-order valence-electron chi connectivity index (χ0n) is 10.5. The Labute approximate surface area is 114 Å². The molecule has 18 heavy (non-hydrogen) atoms. The van der Waals surface area contributed by atoms with Crippen LogP contribution in [-0.2, 0) is 23.0 Å². The van der Waals surface area contributed by atoms with Crippen LogP contribution in [0.4, 0.5) is 0 Å². The van der Waals surface area contributed by atoms with Crippen molar-refractivity contribution in [3.8, 4) is 0 Å². The average molecular weight is 288 g/mol. The second-order valence-electron chi connectivity index (χ2n) is 4.67. The predicted molar refractivity (Wildman–Crippen MR) is 74.0 cm³/mol. The van der Waals surface area contributed by atoms with Crippen LogP contribution < -0.4 is 0 Å². The fraction of sp³-hybridized carbons (Fsp3) is 0.538. The van der Waals surface area contributed by atoms with Gasteiger partial charge in [-0.15, -0.1) is 11.6 Å². The van der Waals surface area contributed by atoms with Crippen molar-refractivity contribution in [2.24, 2.45) is 0 Å². The molecule has 1 aliphatic carbocycles. The molecule has 0 spiro atoms. The Balaban J connectivity index is 2.13. The highest BCUT2D eigenvalue weighted by molar-refractivity contribution is 7.90. The maximum absolute atomic E-state index is 11.9. The van der Waals surface area contributed by atoms with Crippen LogP contribution in [-0.4, -0.2) is 24.0 Å². The minimum absolute atomic E-state index is 0.152. The van der Waals surface area contributed by atoms with Gasteiger partial charge >= 0.3 is 0 Å². The minimum Gasteiger partial charge on any atom is -0.211 e. The van der Waals surface area contributed by atoms with E-state index in [-0.39, 0.29) is 11.3 Å². The molecule has 1 aliphatic rings. The number of hydrogen-bond donors (Lipinski definition) is 0. The van der Waals surface area contributed by atoms with Crippen LogP contribution in [0, 0.1) is 0 Å². The standard InChI is InChI=1S/C13H18ClNO2S/c1-2-11-3-5-12(6-4-11)9-15(13-7-8-13)18(16,17)10-14/h3-6,13H,2,7-10H2,1H3. The van der Waals surface area contributed by atoms with E-state index in [1.54, 1.807) is 4.31 Å². The quantitative estimate of drug-likeness (QED) is 0.755. The summed E-state index contributed by atoms with van der Waals surface area (Å²) in [5.74, 6) is 0. The third kappa shape index (κ3) is 3.25. The topological polar surface area (TPSA) is 37.4 Å². The fourth-order valence-corrected chi connectivity index (χ4v) is 3.45. The number of rotatable bonds is 6. The molecule has 0 radical (unpaired) electrons. The SMILES string of the molecule is CCc1ccc(CN(C2CC2)S(=O)(=O)CCl)cc1. The van der Waals surface area contributed by atoms with Gasteiger partial charge in [0.25, 0.3) is 0 Å². The summed E-state index contributed by atoms with van der Waals surface area (Å²) in [6, 6.07) is 8.25. The number of aryl methyl sites for hydroxylation is 1. The van der Waals surface area contributed by atoms with Gasteiger partial charge in [0.1, 0.15) is 5.21 Å². The molecule has 1 saturated carbocycles. The number of nitrogens with zero attached hydrogens (tertiary/aromatic N) is 1. The fourth-order valence-electron chi connectivity index (χ4n) is 1.94. The second kappa shape index (κ2) is 5.59. The monoisotopic (exact) mass is 287 g/mol. The Morgan fingerprint density at radius 3 is 2.22 bits per heavy atom. The summed E-state index contributed by atoms with van der Waals surface area (Å²) in [6.45, 7) is 2.53. The molecular formula is C13H18ClNO2S. The van der Waals surface area contributed by atoms with Crippen molar-refractivity contribution < 1.29 is 8.42 Å². The predicted octanol–water partition coefficient (Wildman–Crippen LogP) is 2.74. The third-order valence-electron chi connectivity index (χ3n) is 3.22. The van der Waals surface area contributed by atoms with E-state index in [2.05, 4.69) is 6.92 Å². The molecular weight excluding hydrogens is 270 g/mol. The summed E-state index contributed by atoms with van der Waals surface area (Å²) < 4.78 is 25.3. The molecule has 0 N–H and O–H groups in total. The molecule has 1 aromatic rings. The van der Waals surface area contributed by atoms with Crippen molar-refractivity contribution >= 4 is 21.6 Å². The van der Waals surface area contributed by atoms with Crippen molar-refractivity contribution in [3.05, 3.63) is 35.4 Å². The summed E-state index contributed by atoms with van der Waals surface area (Å²) in [7, 11) is -3.31. The van der Waals surface area contributed by atoms with Crippen LogP contribution in [0.3, 0.4) is 0 Å². The summed E-state index contributed by atoms with van der Waals surface area (Å²) in [4.78, 5) is 0. The number of sulfonamides is 1. The van der Waals surface area contributed by atoms with Gasteiger partial charge in [0.15, 0.2) is 0 Å². The van der Waals surface area contributed by atoms with Crippen molar-refractivity contribution in [3.63, 3.8) is 0 Å². The normalized spacial score (nSPS) is 16.2. The summed E-state index contributed by atoms with van der Waals surface area (Å²) in [5.41, 5.74) is 2.28. The highest BCUT2D eigenvalue weighted by atomic mass is 35.5. The Morgan fingerprint density at radius 2 is 1.78 bits per heavy atom. The molecule has 0 saturated heterocycles. The molecule has 2 rings (SSSR count). The molecule has 0 amide bonds. The molecule has 0 aliphatic heterocycles. The second-order valence-corrected chi connectivity index (χ2v) is 7.17. The van der Waals surface area contributed by atoms with Crippen molar-refractivity contribution in [2.75, 3.05) is 5.21 Å². The van der Waals surface area contributed by atoms with E-state index in [1.165, 1.54) is 5.56 Å². The van der Waals surface area contributed by atoms with Gasteiger partial charge in [-0.25, -0.2) is 8.42 Å². The van der Waals surface area contributed by atoms with Gasteiger partial charge in [-0.2, -0.15) is 4.31 Å². The average Bonchev–Trinajstić information content (AvgIpc) is 3.20. The van der Waals surface area contributed by atoms with Crippen LogP contribution in [0.25, 0.3) is 0 Å². The molecule has 0 bridgehead atoms. The largest absolute Gasteiger partial charge is 0.228 e. The molecule has 3 nitrogen and oxygen atoms in total. The lowest BCUT2D eigenvalue weighted by molar-refractivity contribution is 0.401. The van der Waals surface area contributed by atoms with Crippen LogP contribution in [0.1, 0.15) is 30.9 Å². The first-order valence-corrected chi connectivity index (χ1v) is 8.34. The molecule has 0 aromatic heterocycles. The van der Waals surface area contributed by atoms with E-state index in [1.807, 2.05) is 24.3 Å². The smallest absolute Gasteiger partial charge is 0.211 e. The number of hydrogen-bond acceptors (Lipinski definition) is 2. The summed E-state index contributed by atoms with van der Waals surface area (Å²) >= 11 is 5.54. The molecule has 0 atom stereocenters. The van der Waals surface area contributed by atoms with Crippen LogP contribution >= 0.6 is 11.6 Å². The lowest BCUT2D eigenvalue weighted by atomic mass is 10.1. The van der Waals surface area contributed by atoms with E-state index in [0.29, 0.717) is 6.54 Å². The van der Waals surface area contributed by atoms with Crippen molar-refractivity contribution in [1.82, 2.24) is 4.31 Å². The summed E-state index contributed by atoms with van der Waals surface area (Å²) in [5, 5.41) is -0.337. The first kappa shape index (κ1) is 13.8. The molecule has 0 heterocycles. The molecule has 5 heteroatoms. The lowest BCUT2D eigenvalue weighted by Gasteiger charge is -2.20. The maximum atomic E-state index is 11.9. The first-order chi connectivity index (χ1) is 8.56. The highest BCUT2D eigenvalue weighted by Crippen LogP contribution is 2.31. The summed E-state index contributed by atoms with van der Waals surface area (Å²) in [6.07, 6.45) is 2.89. The van der Waals surface area contributed by atoms with E-state index in [9.17, 15) is 8.42 Å². The Kier molecular flexibility index (Phi) is 4.30. The van der Waals surface area contributed by atoms with Gasteiger partial charge in [-0.05, 0) is 30.4 Å². The van der Waals surface area contributed by atoms with E-state index in [0.717, 1.165) is 24.8 Å². The number of benzene rings is 1. The van der Waals surface area contributed by atoms with Crippen molar-refractivity contribution in [2.45, 2.75) is 38.8 Å². The van der Waals surface area contributed by atoms with Gasteiger partial charge in [-0.3, -0.25) is 0 Å². The lowest BCUT2D eigenvalue weighted by Crippen LogP contribution is -2.33. The van der Waals surface area contributed by atoms with Crippen LogP contribution in [0.15, 0.2) is 24.3 Å². The Morgan fingerprint density at radius 1 is 1.22 bits per heavy atom. The van der Waals surface area contributed by atoms with E-state index >= 15 is 0 Å². The zero-order valence-corrected chi connectivity index (χ0v) is 12.0. The molecule has 1 aromatic carbocycles. The Hall–Kier alpha value is -0.580. The minimum atomic E-state index is -3.31. The van der Waals surface area contributed by atoms with E-state index < -0.39 is 10.0 Å². The van der Waals surface area contributed by atoms with Gasteiger partial charge in [0.2, 0.25) is 10.0 Å².